The summed E-state index contributed by atoms with van der Waals surface area (Å²) in [6.45, 7) is 1.20. The number of anilines is 1. The third kappa shape index (κ3) is 4.78. The molecule has 2 aromatic carbocycles. The normalized spacial score (nSPS) is 11.9. The number of carbonyl (C=O) groups excluding carboxylic acids is 1. The summed E-state index contributed by atoms with van der Waals surface area (Å²) in [6.07, 6.45) is 0.606. The van der Waals surface area contributed by atoms with Gasteiger partial charge in [-0.15, -0.1) is 10.2 Å². The van der Waals surface area contributed by atoms with Gasteiger partial charge in [0.05, 0.1) is 0 Å². The highest BCUT2D eigenvalue weighted by molar-refractivity contribution is 5.92. The number of fused-ring (bicyclic) bond motifs is 1. The zero-order valence-corrected chi connectivity index (χ0v) is 15.5. The molecule has 29 heavy (non-hydrogen) atoms. The average Bonchev–Trinajstić information content (AvgIpc) is 3.22. The van der Waals surface area contributed by atoms with Crippen LogP contribution in [-0.4, -0.2) is 29.4 Å². The minimum absolute atomic E-state index is 0.234. The molecule has 1 aliphatic heterocycles. The van der Waals surface area contributed by atoms with Crippen molar-refractivity contribution in [1.29, 1.82) is 0 Å². The van der Waals surface area contributed by atoms with Crippen molar-refractivity contribution < 1.29 is 18.7 Å². The molecule has 1 aliphatic rings. The van der Waals surface area contributed by atoms with E-state index in [-0.39, 0.29) is 24.2 Å². The molecule has 4 rings (SSSR count). The van der Waals surface area contributed by atoms with Crippen LogP contribution in [0.5, 0.6) is 11.5 Å². The van der Waals surface area contributed by atoms with Gasteiger partial charge in [-0.3, -0.25) is 4.79 Å². The van der Waals surface area contributed by atoms with E-state index in [0.717, 1.165) is 22.6 Å². The highest BCUT2D eigenvalue weighted by Crippen LogP contribution is 2.32. The first kappa shape index (κ1) is 18.7. The van der Waals surface area contributed by atoms with Gasteiger partial charge in [-0.25, -0.2) is 4.39 Å². The number of benzene rings is 2. The molecule has 0 saturated heterocycles. The minimum atomic E-state index is -0.304. The number of ether oxygens (including phenoxy) is 2. The van der Waals surface area contributed by atoms with Gasteiger partial charge < -0.3 is 20.1 Å². The second kappa shape index (κ2) is 8.55. The SMILES string of the molecule is O=C(NCCc1ccc(F)cc1)c1ccc(NCc2ccc3c(c2)OCO3)nn1. The van der Waals surface area contributed by atoms with Crippen LogP contribution < -0.4 is 20.1 Å². The number of nitrogens with zero attached hydrogens (tertiary/aromatic N) is 2. The molecule has 2 heterocycles. The molecule has 0 aliphatic carbocycles. The van der Waals surface area contributed by atoms with Crippen LogP contribution in [0.1, 0.15) is 21.6 Å². The lowest BCUT2D eigenvalue weighted by atomic mass is 10.1. The first-order valence-corrected chi connectivity index (χ1v) is 9.16. The van der Waals surface area contributed by atoms with E-state index in [2.05, 4.69) is 20.8 Å². The number of hydrogen-bond acceptors (Lipinski definition) is 6. The fraction of sp³-hybridized carbons (Fsp3) is 0.190. The van der Waals surface area contributed by atoms with Crippen LogP contribution in [0.3, 0.4) is 0 Å². The Bertz CT molecular complexity index is 994. The molecule has 7 nitrogen and oxygen atoms in total. The predicted octanol–water partition coefficient (Wildman–Crippen LogP) is 2.93. The topological polar surface area (TPSA) is 85.4 Å². The Morgan fingerprint density at radius 3 is 2.55 bits per heavy atom. The molecule has 0 fully saturated rings. The predicted molar refractivity (Wildman–Crippen MR) is 104 cm³/mol. The lowest BCUT2D eigenvalue weighted by Gasteiger charge is -2.07. The number of halogens is 1. The van der Waals surface area contributed by atoms with Crippen molar-refractivity contribution in [2.24, 2.45) is 0 Å². The van der Waals surface area contributed by atoms with Gasteiger partial charge in [0.1, 0.15) is 11.6 Å². The maximum Gasteiger partial charge on any atom is 0.271 e. The highest BCUT2D eigenvalue weighted by atomic mass is 19.1. The summed E-state index contributed by atoms with van der Waals surface area (Å²) in [5.41, 5.74) is 2.19. The second-order valence-electron chi connectivity index (χ2n) is 6.48. The van der Waals surface area contributed by atoms with Crippen molar-refractivity contribution >= 4 is 11.7 Å². The van der Waals surface area contributed by atoms with Crippen LogP contribution in [0.4, 0.5) is 10.2 Å². The summed E-state index contributed by atoms with van der Waals surface area (Å²) >= 11 is 0. The molecule has 1 aromatic heterocycles. The Labute approximate surface area is 166 Å². The first-order chi connectivity index (χ1) is 14.2. The van der Waals surface area contributed by atoms with Gasteiger partial charge in [0.25, 0.3) is 5.91 Å². The molecule has 0 bridgehead atoms. The van der Waals surface area contributed by atoms with E-state index in [4.69, 9.17) is 9.47 Å². The molecule has 0 saturated carbocycles. The number of hydrogen-bond donors (Lipinski definition) is 2. The first-order valence-electron chi connectivity index (χ1n) is 9.16. The largest absolute Gasteiger partial charge is 0.454 e. The van der Waals surface area contributed by atoms with Crippen molar-refractivity contribution in [2.45, 2.75) is 13.0 Å². The van der Waals surface area contributed by atoms with Gasteiger partial charge in [0.15, 0.2) is 17.2 Å². The molecule has 148 valence electrons. The van der Waals surface area contributed by atoms with E-state index in [1.165, 1.54) is 12.1 Å². The van der Waals surface area contributed by atoms with E-state index < -0.39 is 0 Å². The summed E-state index contributed by atoms with van der Waals surface area (Å²) in [5.74, 6) is 1.44. The molecule has 0 radical (unpaired) electrons. The van der Waals surface area contributed by atoms with Crippen LogP contribution in [-0.2, 0) is 13.0 Å². The number of aromatic nitrogens is 2. The van der Waals surface area contributed by atoms with E-state index in [0.29, 0.717) is 25.3 Å². The summed E-state index contributed by atoms with van der Waals surface area (Å²) < 4.78 is 23.5. The van der Waals surface area contributed by atoms with Crippen LogP contribution in [0, 0.1) is 5.82 Å². The zero-order chi connectivity index (χ0) is 20.1. The molecule has 0 unspecified atom stereocenters. The maximum atomic E-state index is 12.9. The molecule has 1 amide bonds. The number of amides is 1. The van der Waals surface area contributed by atoms with Crippen LogP contribution in [0.2, 0.25) is 0 Å². The van der Waals surface area contributed by atoms with Crippen LogP contribution in [0.25, 0.3) is 0 Å². The fourth-order valence-corrected chi connectivity index (χ4v) is 2.85. The van der Waals surface area contributed by atoms with E-state index >= 15 is 0 Å². The highest BCUT2D eigenvalue weighted by Gasteiger charge is 2.13. The smallest absolute Gasteiger partial charge is 0.271 e. The second-order valence-corrected chi connectivity index (χ2v) is 6.48. The van der Waals surface area contributed by atoms with Crippen molar-refractivity contribution in [1.82, 2.24) is 15.5 Å². The van der Waals surface area contributed by atoms with Gasteiger partial charge >= 0.3 is 0 Å². The Balaban J connectivity index is 1.26. The Morgan fingerprint density at radius 2 is 1.76 bits per heavy atom. The number of nitrogens with one attached hydrogen (secondary N) is 2. The molecule has 0 atom stereocenters. The van der Waals surface area contributed by atoms with Crippen molar-refractivity contribution in [3.63, 3.8) is 0 Å². The summed E-state index contributed by atoms with van der Waals surface area (Å²) in [7, 11) is 0. The van der Waals surface area contributed by atoms with Gasteiger partial charge in [0, 0.05) is 13.1 Å². The van der Waals surface area contributed by atoms with Crippen molar-refractivity contribution in [2.75, 3.05) is 18.7 Å². The third-order valence-corrected chi connectivity index (χ3v) is 4.42. The molecule has 3 aromatic rings. The summed E-state index contributed by atoms with van der Waals surface area (Å²) in [4.78, 5) is 12.2. The summed E-state index contributed by atoms with van der Waals surface area (Å²) in [6, 6.07) is 15.2. The Morgan fingerprint density at radius 1 is 0.966 bits per heavy atom. The quantitative estimate of drug-likeness (QED) is 0.641. The molecular formula is C21H19FN4O3. The van der Waals surface area contributed by atoms with Gasteiger partial charge in [-0.2, -0.15) is 0 Å². The van der Waals surface area contributed by atoms with Gasteiger partial charge in [0.2, 0.25) is 6.79 Å². The molecule has 8 heteroatoms. The third-order valence-electron chi connectivity index (χ3n) is 4.42. The number of carbonyl (C=O) groups is 1. The number of rotatable bonds is 7. The zero-order valence-electron chi connectivity index (χ0n) is 15.5. The van der Waals surface area contributed by atoms with E-state index in [9.17, 15) is 9.18 Å². The lowest BCUT2D eigenvalue weighted by Crippen LogP contribution is -2.26. The molecular weight excluding hydrogens is 375 g/mol. The van der Waals surface area contributed by atoms with Crippen molar-refractivity contribution in [3.8, 4) is 11.5 Å². The maximum absolute atomic E-state index is 12.9. The van der Waals surface area contributed by atoms with Crippen LogP contribution >= 0.6 is 0 Å². The lowest BCUT2D eigenvalue weighted by molar-refractivity contribution is 0.0948. The Kier molecular flexibility index (Phi) is 5.51. The summed E-state index contributed by atoms with van der Waals surface area (Å²) in [5, 5.41) is 13.9. The average molecular weight is 394 g/mol. The van der Waals surface area contributed by atoms with Crippen molar-refractivity contribution in [3.05, 3.63) is 77.2 Å². The van der Waals surface area contributed by atoms with Crippen LogP contribution in [0.15, 0.2) is 54.6 Å². The molecule has 0 spiro atoms. The van der Waals surface area contributed by atoms with Gasteiger partial charge in [-0.1, -0.05) is 18.2 Å². The standard InChI is InChI=1S/C21H19FN4O3/c22-16-4-1-14(2-5-16)9-10-23-21(27)17-6-8-20(26-25-17)24-12-15-3-7-18-19(11-15)29-13-28-18/h1-8,11H,9-10,12-13H2,(H,23,27)(H,24,26). The Hall–Kier alpha value is -3.68. The van der Waals surface area contributed by atoms with Gasteiger partial charge in [-0.05, 0) is 53.9 Å². The van der Waals surface area contributed by atoms with E-state index in [1.54, 1.807) is 24.3 Å². The minimum Gasteiger partial charge on any atom is -0.454 e. The van der Waals surface area contributed by atoms with E-state index in [1.807, 2.05) is 18.2 Å². The fourth-order valence-electron chi connectivity index (χ4n) is 2.85. The monoisotopic (exact) mass is 394 g/mol. The molecule has 2 N–H and O–H groups in total.